The number of amides is 2. The summed E-state index contributed by atoms with van der Waals surface area (Å²) in [6, 6.07) is 8.70. The maximum Gasteiger partial charge on any atom is 0.339 e. The fraction of sp³-hybridized carbons (Fsp3) is 0.471. The van der Waals surface area contributed by atoms with Gasteiger partial charge in [0, 0.05) is 17.0 Å². The Kier molecular flexibility index (Phi) is 3.31. The highest BCUT2D eigenvalue weighted by Crippen LogP contribution is 2.62. The van der Waals surface area contributed by atoms with Crippen LogP contribution in [0.15, 0.2) is 35.4 Å². The number of fused-ring (bicyclic) bond motifs is 2. The number of ketones is 1. The van der Waals surface area contributed by atoms with Crippen LogP contribution in [0, 0.1) is 16.7 Å². The number of carbonyl (C=O) groups excluding carboxylic acids is 2. The molecule has 116 valence electrons. The van der Waals surface area contributed by atoms with Crippen LogP contribution in [0.5, 0.6) is 0 Å². The highest BCUT2D eigenvalue weighted by Gasteiger charge is 2.65. The van der Waals surface area contributed by atoms with Gasteiger partial charge >= 0.3 is 6.03 Å². The van der Waals surface area contributed by atoms with Crippen LogP contribution in [-0.2, 0) is 4.79 Å². The number of urea groups is 1. The molecule has 22 heavy (non-hydrogen) atoms. The van der Waals surface area contributed by atoms with Gasteiger partial charge in [0.25, 0.3) is 0 Å². The molecule has 2 aliphatic rings. The second-order valence-corrected chi connectivity index (χ2v) is 6.90. The second kappa shape index (κ2) is 4.93. The highest BCUT2D eigenvalue weighted by atomic mass is 16.2. The number of hydrazone groups is 1. The zero-order valence-corrected chi connectivity index (χ0v) is 13.1. The molecule has 1 aromatic rings. The Hall–Kier alpha value is -2.17. The maximum atomic E-state index is 12.6. The molecule has 2 fully saturated rings. The Bertz CT molecular complexity index is 651. The highest BCUT2D eigenvalue weighted by molar-refractivity contribution is 6.45. The number of hydrogen-bond acceptors (Lipinski definition) is 3. The Balaban J connectivity index is 1.72. The minimum atomic E-state index is -0.433. The number of para-hydroxylation sites is 1. The van der Waals surface area contributed by atoms with Gasteiger partial charge in [-0.1, -0.05) is 39.0 Å². The van der Waals surface area contributed by atoms with Crippen LogP contribution in [0.2, 0.25) is 0 Å². The van der Waals surface area contributed by atoms with E-state index in [2.05, 4.69) is 29.7 Å². The first-order chi connectivity index (χ1) is 10.4. The lowest BCUT2D eigenvalue weighted by Gasteiger charge is -2.31. The molecule has 0 heterocycles. The first kappa shape index (κ1) is 14.8. The van der Waals surface area contributed by atoms with Crippen molar-refractivity contribution in [2.45, 2.75) is 33.6 Å². The Morgan fingerprint density at radius 3 is 2.50 bits per heavy atom. The normalized spacial score (nSPS) is 30.6. The van der Waals surface area contributed by atoms with Crippen LogP contribution >= 0.6 is 0 Å². The summed E-state index contributed by atoms with van der Waals surface area (Å²) in [5, 5.41) is 6.82. The average molecular weight is 299 g/mol. The zero-order valence-electron chi connectivity index (χ0n) is 13.1. The monoisotopic (exact) mass is 299 g/mol. The summed E-state index contributed by atoms with van der Waals surface area (Å²) in [6.45, 7) is 6.26. The van der Waals surface area contributed by atoms with E-state index in [-0.39, 0.29) is 22.5 Å². The number of rotatable bonds is 2. The number of benzene rings is 1. The molecule has 2 saturated carbocycles. The average Bonchev–Trinajstić information content (AvgIpc) is 2.79. The maximum absolute atomic E-state index is 12.6. The first-order valence-corrected chi connectivity index (χ1v) is 7.61. The number of nitrogens with one attached hydrogen (secondary N) is 2. The second-order valence-electron chi connectivity index (χ2n) is 6.90. The molecule has 0 radical (unpaired) electrons. The molecule has 5 nitrogen and oxygen atoms in total. The van der Waals surface area contributed by atoms with Crippen molar-refractivity contribution < 1.29 is 9.59 Å². The van der Waals surface area contributed by atoms with Gasteiger partial charge in [0.2, 0.25) is 0 Å². The summed E-state index contributed by atoms with van der Waals surface area (Å²) < 4.78 is 0. The molecular weight excluding hydrogens is 278 g/mol. The lowest BCUT2D eigenvalue weighted by atomic mass is 9.70. The van der Waals surface area contributed by atoms with Crippen molar-refractivity contribution in [1.29, 1.82) is 0 Å². The quantitative estimate of drug-likeness (QED) is 0.823. The fourth-order valence-electron chi connectivity index (χ4n) is 3.75. The van der Waals surface area contributed by atoms with Gasteiger partial charge < -0.3 is 5.32 Å². The molecule has 2 atom stereocenters. The van der Waals surface area contributed by atoms with Crippen LogP contribution in [-0.4, -0.2) is 17.5 Å². The lowest BCUT2D eigenvalue weighted by Crippen LogP contribution is -2.34. The van der Waals surface area contributed by atoms with Gasteiger partial charge in [-0.2, -0.15) is 5.10 Å². The summed E-state index contributed by atoms with van der Waals surface area (Å²) in [7, 11) is 0. The third kappa shape index (κ3) is 2.03. The molecule has 0 unspecified atom stereocenters. The van der Waals surface area contributed by atoms with Crippen LogP contribution in [0.1, 0.15) is 33.6 Å². The molecule has 0 aliphatic heterocycles. The molecular formula is C17H21N3O2. The van der Waals surface area contributed by atoms with Crippen LogP contribution in [0.25, 0.3) is 0 Å². The third-order valence-electron chi connectivity index (χ3n) is 5.60. The van der Waals surface area contributed by atoms with E-state index in [0.717, 1.165) is 12.8 Å². The van der Waals surface area contributed by atoms with Crippen molar-refractivity contribution in [3.63, 3.8) is 0 Å². The van der Waals surface area contributed by atoms with Gasteiger partial charge in [-0.15, -0.1) is 0 Å². The molecule has 5 heteroatoms. The van der Waals surface area contributed by atoms with Crippen molar-refractivity contribution in [2.24, 2.45) is 21.8 Å². The Morgan fingerprint density at radius 1 is 1.23 bits per heavy atom. The van der Waals surface area contributed by atoms with Crippen molar-refractivity contribution in [2.75, 3.05) is 5.32 Å². The molecule has 0 spiro atoms. The van der Waals surface area contributed by atoms with Crippen LogP contribution < -0.4 is 10.7 Å². The summed E-state index contributed by atoms with van der Waals surface area (Å²) in [4.78, 5) is 24.5. The summed E-state index contributed by atoms with van der Waals surface area (Å²) >= 11 is 0. The molecule has 1 aromatic carbocycles. The number of carbonyl (C=O) groups is 2. The van der Waals surface area contributed by atoms with E-state index in [1.165, 1.54) is 0 Å². The van der Waals surface area contributed by atoms with Crippen molar-refractivity contribution in [3.05, 3.63) is 30.3 Å². The fourth-order valence-corrected chi connectivity index (χ4v) is 3.75. The first-order valence-electron chi connectivity index (χ1n) is 7.61. The summed E-state index contributed by atoms with van der Waals surface area (Å²) in [5.41, 5.74) is 3.21. The van der Waals surface area contributed by atoms with Gasteiger partial charge in [0.05, 0.1) is 0 Å². The Labute approximate surface area is 130 Å². The van der Waals surface area contributed by atoms with Crippen molar-refractivity contribution in [1.82, 2.24) is 5.43 Å². The number of hydrogen-bond donors (Lipinski definition) is 2. The van der Waals surface area contributed by atoms with E-state index >= 15 is 0 Å². The van der Waals surface area contributed by atoms with Crippen LogP contribution in [0.4, 0.5) is 10.5 Å². The largest absolute Gasteiger partial charge is 0.339 e. The van der Waals surface area contributed by atoms with Gasteiger partial charge in [-0.3, -0.25) is 4.79 Å². The van der Waals surface area contributed by atoms with E-state index in [9.17, 15) is 9.59 Å². The Morgan fingerprint density at radius 2 is 1.91 bits per heavy atom. The van der Waals surface area contributed by atoms with Gasteiger partial charge in [0.1, 0.15) is 5.71 Å². The standard InChI is InChI=1S/C17H21N3O2/c1-16(2)12-9-10-17(16,3)14(21)13(12)19-20-15(22)18-11-7-5-4-6-8-11/h4-8,12H,9-10H2,1-3H3,(H2,18,20,22)/b19-13-/t12-,17-/m1/s1. The molecule has 3 rings (SSSR count). The van der Waals surface area contributed by atoms with Crippen molar-refractivity contribution in [3.8, 4) is 0 Å². The molecule has 2 amide bonds. The van der Waals surface area contributed by atoms with E-state index < -0.39 is 6.03 Å². The summed E-state index contributed by atoms with van der Waals surface area (Å²) in [5.74, 6) is 0.204. The smallest absolute Gasteiger partial charge is 0.307 e. The molecule has 0 aromatic heterocycles. The number of nitrogens with zero attached hydrogens (tertiary/aromatic N) is 1. The minimum Gasteiger partial charge on any atom is -0.307 e. The van der Waals surface area contributed by atoms with Gasteiger partial charge in [0.15, 0.2) is 5.78 Å². The molecule has 2 bridgehead atoms. The SMILES string of the molecule is CC1(C)[C@@H]2CC[C@]1(C)C(=O)/C2=N\NC(=O)Nc1ccccc1. The molecule has 2 N–H and O–H groups in total. The third-order valence-corrected chi connectivity index (χ3v) is 5.60. The predicted octanol–water partition coefficient (Wildman–Crippen LogP) is 3.19. The van der Waals surface area contributed by atoms with E-state index in [0.29, 0.717) is 11.4 Å². The lowest BCUT2D eigenvalue weighted by molar-refractivity contribution is -0.123. The summed E-state index contributed by atoms with van der Waals surface area (Å²) in [6.07, 6.45) is 1.86. The minimum absolute atomic E-state index is 0.0776. The predicted molar refractivity (Wildman–Crippen MR) is 85.7 cm³/mol. The van der Waals surface area contributed by atoms with E-state index in [1.807, 2.05) is 25.1 Å². The van der Waals surface area contributed by atoms with E-state index in [4.69, 9.17) is 0 Å². The van der Waals surface area contributed by atoms with Crippen LogP contribution in [0.3, 0.4) is 0 Å². The van der Waals surface area contributed by atoms with E-state index in [1.54, 1.807) is 12.1 Å². The molecule has 2 aliphatic carbocycles. The zero-order chi connectivity index (χ0) is 16.0. The number of anilines is 1. The van der Waals surface area contributed by atoms with Gasteiger partial charge in [-0.05, 0) is 30.4 Å². The molecule has 0 saturated heterocycles. The van der Waals surface area contributed by atoms with Crippen molar-refractivity contribution >= 4 is 23.2 Å². The van der Waals surface area contributed by atoms with Gasteiger partial charge in [-0.25, -0.2) is 10.2 Å². The number of Topliss-reactive ketones (excluding diaryl/α,β-unsaturated/α-hetero) is 1. The topological polar surface area (TPSA) is 70.6 Å².